The Morgan fingerprint density at radius 2 is 2.12 bits per heavy atom. The maximum Gasteiger partial charge on any atom is 0.232 e. The van der Waals surface area contributed by atoms with E-state index in [1.165, 1.54) is 19.3 Å². The number of hydrogen-bond acceptors (Lipinski definition) is 7. The highest BCUT2D eigenvalue weighted by molar-refractivity contribution is 8.01. The summed E-state index contributed by atoms with van der Waals surface area (Å²) in [7, 11) is 0. The molecule has 0 radical (unpaired) electrons. The van der Waals surface area contributed by atoms with Crippen LogP contribution in [0.15, 0.2) is 52.5 Å². The predicted octanol–water partition coefficient (Wildman–Crippen LogP) is 7.17. The molecular formula is C24H25ClN2O3S2. The molecule has 1 aliphatic heterocycles. The molecule has 1 aliphatic rings. The second-order valence-corrected chi connectivity index (χ2v) is 10.1. The average molecular weight is 489 g/mol. The van der Waals surface area contributed by atoms with Crippen LogP contribution in [0.25, 0.3) is 10.2 Å². The van der Waals surface area contributed by atoms with Crippen LogP contribution in [0.2, 0.25) is 5.02 Å². The molecule has 1 unspecified atom stereocenters. The second kappa shape index (κ2) is 10.7. The first-order valence-corrected chi connectivity index (χ1v) is 12.9. The van der Waals surface area contributed by atoms with E-state index in [2.05, 4.69) is 18.3 Å². The summed E-state index contributed by atoms with van der Waals surface area (Å²) in [5, 5.41) is 3.72. The van der Waals surface area contributed by atoms with Crippen LogP contribution >= 0.6 is 34.7 Å². The Morgan fingerprint density at radius 1 is 1.25 bits per heavy atom. The minimum Gasteiger partial charge on any atom is -0.460 e. The zero-order valence-electron chi connectivity index (χ0n) is 18.0. The zero-order valence-corrected chi connectivity index (χ0v) is 20.4. The smallest absolute Gasteiger partial charge is 0.232 e. The fourth-order valence-electron chi connectivity index (χ4n) is 3.36. The molecule has 168 valence electrons. The summed E-state index contributed by atoms with van der Waals surface area (Å²) in [6, 6.07) is 11.0. The summed E-state index contributed by atoms with van der Waals surface area (Å²) in [4.78, 5) is 17.8. The first-order chi connectivity index (χ1) is 15.6. The normalized spacial score (nSPS) is 16.9. The van der Waals surface area contributed by atoms with Crippen LogP contribution < -0.4 is 10.1 Å². The Morgan fingerprint density at radius 3 is 2.94 bits per heavy atom. The van der Waals surface area contributed by atoms with Crippen LogP contribution in [-0.4, -0.2) is 29.4 Å². The van der Waals surface area contributed by atoms with Crippen LogP contribution in [-0.2, 0) is 4.74 Å². The summed E-state index contributed by atoms with van der Waals surface area (Å²) < 4.78 is 13.8. The quantitative estimate of drug-likeness (QED) is 0.196. The van der Waals surface area contributed by atoms with E-state index in [0.29, 0.717) is 28.5 Å². The SMILES string of the molecule is CCCCCSc1nc2ccc(N/C=C3/C(=O)c4cc(Cl)ccc4OC3OCC)cc2s1. The largest absolute Gasteiger partial charge is 0.460 e. The van der Waals surface area contributed by atoms with E-state index in [4.69, 9.17) is 26.1 Å². The maximum absolute atomic E-state index is 13.1. The molecule has 0 bridgehead atoms. The number of unbranched alkanes of at least 4 members (excludes halogenated alkanes) is 2. The average Bonchev–Trinajstić information content (AvgIpc) is 3.19. The highest BCUT2D eigenvalue weighted by Gasteiger charge is 2.32. The molecule has 2 heterocycles. The van der Waals surface area contributed by atoms with Gasteiger partial charge in [-0.2, -0.15) is 0 Å². The Labute approximate surface area is 201 Å². The van der Waals surface area contributed by atoms with Gasteiger partial charge in [0.25, 0.3) is 0 Å². The Bertz CT molecular complexity index is 1150. The zero-order chi connectivity index (χ0) is 22.5. The van der Waals surface area contributed by atoms with Crippen LogP contribution in [0.1, 0.15) is 43.5 Å². The van der Waals surface area contributed by atoms with Crippen LogP contribution in [0.5, 0.6) is 5.75 Å². The van der Waals surface area contributed by atoms with Gasteiger partial charge in [-0.05, 0) is 49.7 Å². The number of Topliss-reactive ketones (excluding diaryl/α,β-unsaturated/α-hetero) is 1. The van der Waals surface area contributed by atoms with Crippen LogP contribution in [0.4, 0.5) is 5.69 Å². The molecular weight excluding hydrogens is 464 g/mol. The van der Waals surface area contributed by atoms with Crippen molar-refractivity contribution < 1.29 is 14.3 Å². The van der Waals surface area contributed by atoms with Crippen molar-refractivity contribution in [2.75, 3.05) is 17.7 Å². The molecule has 0 spiro atoms. The number of halogens is 1. The lowest BCUT2D eigenvalue weighted by atomic mass is 10.00. The lowest BCUT2D eigenvalue weighted by Crippen LogP contribution is -2.33. The van der Waals surface area contributed by atoms with Gasteiger partial charge >= 0.3 is 0 Å². The first-order valence-electron chi connectivity index (χ1n) is 10.7. The van der Waals surface area contributed by atoms with Crippen molar-refractivity contribution in [2.45, 2.75) is 43.7 Å². The third kappa shape index (κ3) is 5.29. The van der Waals surface area contributed by atoms with E-state index in [0.717, 1.165) is 26.0 Å². The topological polar surface area (TPSA) is 60.5 Å². The number of ketones is 1. The monoisotopic (exact) mass is 488 g/mol. The molecule has 0 saturated carbocycles. The number of benzene rings is 2. The van der Waals surface area contributed by atoms with Gasteiger partial charge in [-0.3, -0.25) is 4.79 Å². The minimum absolute atomic E-state index is 0.163. The van der Waals surface area contributed by atoms with Crippen molar-refractivity contribution in [1.29, 1.82) is 0 Å². The molecule has 0 saturated heterocycles. The molecule has 1 N–H and O–H groups in total. The Kier molecular flexibility index (Phi) is 7.73. The van der Waals surface area contributed by atoms with E-state index < -0.39 is 6.29 Å². The number of nitrogens with one attached hydrogen (secondary N) is 1. The van der Waals surface area contributed by atoms with E-state index >= 15 is 0 Å². The number of nitrogens with zero attached hydrogens (tertiary/aromatic N) is 1. The van der Waals surface area contributed by atoms with E-state index in [1.54, 1.807) is 35.7 Å². The second-order valence-electron chi connectivity index (χ2n) is 7.34. The van der Waals surface area contributed by atoms with Gasteiger partial charge in [-0.25, -0.2) is 4.98 Å². The fraction of sp³-hybridized carbons (Fsp3) is 0.333. The lowest BCUT2D eigenvalue weighted by Gasteiger charge is -2.27. The van der Waals surface area contributed by atoms with Gasteiger partial charge in [0.1, 0.15) is 5.75 Å². The van der Waals surface area contributed by atoms with Crippen molar-refractivity contribution in [1.82, 2.24) is 4.98 Å². The molecule has 32 heavy (non-hydrogen) atoms. The minimum atomic E-state index is -0.771. The highest BCUT2D eigenvalue weighted by atomic mass is 35.5. The molecule has 2 aromatic carbocycles. The summed E-state index contributed by atoms with van der Waals surface area (Å²) >= 11 is 9.59. The number of carbonyl (C=O) groups is 1. The number of carbonyl (C=O) groups excluding carboxylic acids is 1. The lowest BCUT2D eigenvalue weighted by molar-refractivity contribution is -0.0509. The van der Waals surface area contributed by atoms with Crippen molar-refractivity contribution >= 4 is 56.4 Å². The predicted molar refractivity (Wildman–Crippen MR) is 133 cm³/mol. The van der Waals surface area contributed by atoms with Crippen molar-refractivity contribution in [3.63, 3.8) is 0 Å². The molecule has 3 aromatic rings. The molecule has 8 heteroatoms. The summed E-state index contributed by atoms with van der Waals surface area (Å²) in [6.07, 6.45) is 4.58. The Hall–Kier alpha value is -2.06. The van der Waals surface area contributed by atoms with Gasteiger partial charge in [-0.1, -0.05) is 43.1 Å². The summed E-state index contributed by atoms with van der Waals surface area (Å²) in [5.74, 6) is 1.41. The van der Waals surface area contributed by atoms with Gasteiger partial charge in [0.05, 0.1) is 21.4 Å². The summed E-state index contributed by atoms with van der Waals surface area (Å²) in [6.45, 7) is 4.50. The number of fused-ring (bicyclic) bond motifs is 2. The third-order valence-electron chi connectivity index (χ3n) is 4.99. The molecule has 4 rings (SSSR count). The number of thiazole rings is 1. The van der Waals surface area contributed by atoms with E-state index in [1.807, 2.05) is 30.8 Å². The van der Waals surface area contributed by atoms with Crippen molar-refractivity contribution in [3.05, 3.63) is 58.8 Å². The van der Waals surface area contributed by atoms with Crippen LogP contribution in [0.3, 0.4) is 0 Å². The molecule has 1 atom stereocenters. The van der Waals surface area contributed by atoms with Crippen molar-refractivity contribution in [2.24, 2.45) is 0 Å². The number of thioether (sulfide) groups is 1. The van der Waals surface area contributed by atoms with Crippen LogP contribution in [0, 0.1) is 0 Å². The molecule has 1 aromatic heterocycles. The van der Waals surface area contributed by atoms with Gasteiger partial charge in [0.2, 0.25) is 12.1 Å². The van der Waals surface area contributed by atoms with Gasteiger partial charge < -0.3 is 14.8 Å². The number of rotatable bonds is 9. The number of hydrogen-bond donors (Lipinski definition) is 1. The molecule has 0 amide bonds. The maximum atomic E-state index is 13.1. The highest BCUT2D eigenvalue weighted by Crippen LogP contribution is 2.34. The van der Waals surface area contributed by atoms with Gasteiger partial charge in [-0.15, -0.1) is 11.3 Å². The van der Waals surface area contributed by atoms with Crippen molar-refractivity contribution in [3.8, 4) is 5.75 Å². The standard InChI is InChI=1S/C24H25ClN2O3S2/c1-3-5-6-11-31-24-27-19-9-8-16(13-21(19)32-24)26-14-18-22(28)17-12-15(25)7-10-20(17)30-23(18)29-4-2/h7-10,12-14,23,26H,3-6,11H2,1-2H3/b18-14-. The number of aromatic nitrogens is 1. The molecule has 0 aliphatic carbocycles. The fourth-order valence-corrected chi connectivity index (χ4v) is 5.71. The number of anilines is 1. The number of ether oxygens (including phenoxy) is 2. The summed E-state index contributed by atoms with van der Waals surface area (Å²) in [5.41, 5.74) is 2.69. The van der Waals surface area contributed by atoms with Gasteiger partial charge in [0.15, 0.2) is 4.34 Å². The molecule has 5 nitrogen and oxygen atoms in total. The van der Waals surface area contributed by atoms with E-state index in [9.17, 15) is 4.79 Å². The first kappa shape index (κ1) is 23.1. The van der Waals surface area contributed by atoms with E-state index in [-0.39, 0.29) is 5.78 Å². The molecule has 0 fully saturated rings. The third-order valence-corrected chi connectivity index (χ3v) is 7.47. The Balaban J connectivity index is 1.53. The van der Waals surface area contributed by atoms with Gasteiger partial charge in [0, 0.05) is 29.3 Å².